The van der Waals surface area contributed by atoms with Crippen LogP contribution in [0.15, 0.2) is 83.8 Å². The molecule has 0 radical (unpaired) electrons. The molecule has 0 aliphatic carbocycles. The molecular formula is C25H24O5S. The molecule has 3 aromatic rings. The maximum Gasteiger partial charge on any atom is 0.336 e. The Kier molecular flexibility index (Phi) is 7.87. The Labute approximate surface area is 185 Å². The molecule has 0 aromatic heterocycles. The van der Waals surface area contributed by atoms with Crippen LogP contribution in [0.1, 0.15) is 38.7 Å². The first kappa shape index (κ1) is 22.6. The number of carbonyl (C=O) groups is 2. The Balaban J connectivity index is 1.88. The van der Waals surface area contributed by atoms with Crippen LogP contribution in [0.2, 0.25) is 0 Å². The second kappa shape index (κ2) is 10.8. The zero-order valence-corrected chi connectivity index (χ0v) is 17.7. The van der Waals surface area contributed by atoms with Gasteiger partial charge in [-0.2, -0.15) is 0 Å². The lowest BCUT2D eigenvalue weighted by Gasteiger charge is -2.23. The van der Waals surface area contributed by atoms with Crippen LogP contribution >= 0.6 is 11.8 Å². The van der Waals surface area contributed by atoms with E-state index >= 15 is 0 Å². The van der Waals surface area contributed by atoms with Crippen LogP contribution in [0, 0.1) is 0 Å². The van der Waals surface area contributed by atoms with E-state index in [2.05, 4.69) is 12.1 Å². The van der Waals surface area contributed by atoms with E-state index in [-0.39, 0.29) is 5.56 Å². The molecule has 0 fully saturated rings. The number of aryl methyl sites for hydroxylation is 2. The molecule has 0 aliphatic heterocycles. The molecular weight excluding hydrogens is 412 g/mol. The molecule has 6 heteroatoms. The molecule has 0 heterocycles. The molecule has 3 aromatic carbocycles. The number of carboxylic acids is 2. The molecule has 31 heavy (non-hydrogen) atoms. The number of hydrogen-bond donors (Lipinski definition) is 3. The summed E-state index contributed by atoms with van der Waals surface area (Å²) in [5.41, 5.74) is 2.96. The first-order chi connectivity index (χ1) is 15.0. The minimum absolute atomic E-state index is 0.0802. The summed E-state index contributed by atoms with van der Waals surface area (Å²) in [6.07, 6.45) is 0.792. The molecule has 0 saturated heterocycles. The predicted molar refractivity (Wildman–Crippen MR) is 121 cm³/mol. The number of thioether (sulfide) groups is 1. The molecule has 3 N–H and O–H groups in total. The Morgan fingerprint density at radius 1 is 0.806 bits per heavy atom. The zero-order valence-electron chi connectivity index (χ0n) is 16.8. The number of aliphatic hydroxyl groups is 1. The highest BCUT2D eigenvalue weighted by atomic mass is 32.2. The van der Waals surface area contributed by atoms with Crippen LogP contribution in [-0.4, -0.2) is 33.4 Å². The minimum atomic E-state index is -1.68. The van der Waals surface area contributed by atoms with E-state index in [1.54, 1.807) is 24.3 Å². The molecule has 0 bridgehead atoms. The SMILES string of the molecule is O=C(O)c1ccccc1SC(c1ccccc1CCCc1ccccc1)C(O)C(=O)O. The van der Waals surface area contributed by atoms with Crippen LogP contribution in [0.25, 0.3) is 0 Å². The molecule has 5 nitrogen and oxygen atoms in total. The van der Waals surface area contributed by atoms with Gasteiger partial charge in [0.1, 0.15) is 0 Å². The summed E-state index contributed by atoms with van der Waals surface area (Å²) in [6.45, 7) is 0. The number of aliphatic hydroxyl groups excluding tert-OH is 1. The van der Waals surface area contributed by atoms with E-state index in [4.69, 9.17) is 0 Å². The second-order valence-corrected chi connectivity index (χ2v) is 8.34. The van der Waals surface area contributed by atoms with Gasteiger partial charge in [-0.25, -0.2) is 9.59 Å². The van der Waals surface area contributed by atoms with E-state index in [1.807, 2.05) is 36.4 Å². The standard InChI is InChI=1S/C25H24O5S/c26-22(25(29)30)23(31-21-16-7-6-15-20(21)24(27)28)19-14-5-4-12-18(19)13-8-11-17-9-2-1-3-10-17/h1-7,9-10,12,14-16,22-23,26H,8,11,13H2,(H,27,28)(H,29,30). The number of hydrogen-bond acceptors (Lipinski definition) is 4. The largest absolute Gasteiger partial charge is 0.479 e. The third kappa shape index (κ3) is 5.96. The van der Waals surface area contributed by atoms with Crippen molar-refractivity contribution in [3.05, 3.63) is 101 Å². The van der Waals surface area contributed by atoms with Gasteiger partial charge in [-0.3, -0.25) is 0 Å². The van der Waals surface area contributed by atoms with Crippen molar-refractivity contribution < 1.29 is 24.9 Å². The number of aliphatic carboxylic acids is 1. The normalized spacial score (nSPS) is 12.8. The van der Waals surface area contributed by atoms with E-state index < -0.39 is 23.3 Å². The van der Waals surface area contributed by atoms with Crippen LogP contribution in [-0.2, 0) is 17.6 Å². The van der Waals surface area contributed by atoms with Crippen molar-refractivity contribution in [2.75, 3.05) is 0 Å². The Hall–Kier alpha value is -3.09. The summed E-state index contributed by atoms with van der Waals surface area (Å²) in [6, 6.07) is 24.0. The van der Waals surface area contributed by atoms with Crippen molar-refractivity contribution in [1.29, 1.82) is 0 Å². The van der Waals surface area contributed by atoms with Gasteiger partial charge in [0, 0.05) is 4.90 Å². The van der Waals surface area contributed by atoms with Crippen LogP contribution in [0.4, 0.5) is 0 Å². The number of rotatable bonds is 10. The lowest BCUT2D eigenvalue weighted by atomic mass is 9.96. The average molecular weight is 437 g/mol. The van der Waals surface area contributed by atoms with Gasteiger partial charge in [-0.05, 0) is 48.1 Å². The topological polar surface area (TPSA) is 94.8 Å². The maximum atomic E-state index is 11.7. The highest BCUT2D eigenvalue weighted by molar-refractivity contribution is 7.99. The molecule has 160 valence electrons. The Morgan fingerprint density at radius 2 is 1.45 bits per heavy atom. The van der Waals surface area contributed by atoms with Gasteiger partial charge in [0.25, 0.3) is 0 Å². The Morgan fingerprint density at radius 3 is 2.16 bits per heavy atom. The van der Waals surface area contributed by atoms with Crippen molar-refractivity contribution in [2.45, 2.75) is 35.5 Å². The number of aromatic carboxylic acids is 1. The molecule has 0 amide bonds. The zero-order chi connectivity index (χ0) is 22.2. The van der Waals surface area contributed by atoms with E-state index in [9.17, 15) is 24.9 Å². The van der Waals surface area contributed by atoms with Crippen molar-refractivity contribution in [1.82, 2.24) is 0 Å². The monoisotopic (exact) mass is 436 g/mol. The van der Waals surface area contributed by atoms with Gasteiger partial charge in [-0.1, -0.05) is 66.7 Å². The molecule has 2 atom stereocenters. The molecule has 0 aliphatic rings. The molecule has 0 saturated carbocycles. The van der Waals surface area contributed by atoms with Gasteiger partial charge in [0.15, 0.2) is 6.10 Å². The highest BCUT2D eigenvalue weighted by Crippen LogP contribution is 2.41. The summed E-state index contributed by atoms with van der Waals surface area (Å²) in [7, 11) is 0. The summed E-state index contributed by atoms with van der Waals surface area (Å²) in [4.78, 5) is 23.7. The van der Waals surface area contributed by atoms with E-state index in [1.165, 1.54) is 11.6 Å². The average Bonchev–Trinajstić information content (AvgIpc) is 2.78. The van der Waals surface area contributed by atoms with Crippen LogP contribution in [0.3, 0.4) is 0 Å². The quantitative estimate of drug-likeness (QED) is 0.394. The second-order valence-electron chi connectivity index (χ2n) is 7.16. The van der Waals surface area contributed by atoms with Gasteiger partial charge in [0.2, 0.25) is 0 Å². The van der Waals surface area contributed by atoms with Crippen molar-refractivity contribution >= 4 is 23.7 Å². The number of benzene rings is 3. The third-order valence-electron chi connectivity index (χ3n) is 5.03. The first-order valence-electron chi connectivity index (χ1n) is 9.99. The summed E-state index contributed by atoms with van der Waals surface area (Å²) < 4.78 is 0. The van der Waals surface area contributed by atoms with Crippen molar-refractivity contribution in [3.63, 3.8) is 0 Å². The van der Waals surface area contributed by atoms with Gasteiger partial charge >= 0.3 is 11.9 Å². The fraction of sp³-hybridized carbons (Fsp3) is 0.200. The summed E-state index contributed by atoms with van der Waals surface area (Å²) in [5, 5.41) is 28.6. The molecule has 2 unspecified atom stereocenters. The first-order valence-corrected chi connectivity index (χ1v) is 10.9. The third-order valence-corrected chi connectivity index (χ3v) is 6.40. The Bertz CT molecular complexity index is 1030. The van der Waals surface area contributed by atoms with Gasteiger partial charge < -0.3 is 15.3 Å². The van der Waals surface area contributed by atoms with Crippen molar-refractivity contribution in [3.8, 4) is 0 Å². The minimum Gasteiger partial charge on any atom is -0.479 e. The fourth-order valence-electron chi connectivity index (χ4n) is 3.48. The highest BCUT2D eigenvalue weighted by Gasteiger charge is 2.31. The van der Waals surface area contributed by atoms with Crippen LogP contribution in [0.5, 0.6) is 0 Å². The number of carboxylic acid groups (broad SMARTS) is 2. The van der Waals surface area contributed by atoms with E-state index in [0.29, 0.717) is 10.5 Å². The lowest BCUT2D eigenvalue weighted by Crippen LogP contribution is -2.26. The fourth-order valence-corrected chi connectivity index (χ4v) is 4.79. The van der Waals surface area contributed by atoms with E-state index in [0.717, 1.165) is 36.6 Å². The maximum absolute atomic E-state index is 11.7. The van der Waals surface area contributed by atoms with Gasteiger partial charge in [0.05, 0.1) is 10.8 Å². The summed E-state index contributed by atoms with van der Waals surface area (Å²) >= 11 is 1.07. The molecule has 3 rings (SSSR count). The summed E-state index contributed by atoms with van der Waals surface area (Å²) in [5.74, 6) is -2.44. The van der Waals surface area contributed by atoms with Gasteiger partial charge in [-0.15, -0.1) is 11.8 Å². The lowest BCUT2D eigenvalue weighted by molar-refractivity contribution is -0.146. The van der Waals surface area contributed by atoms with Crippen molar-refractivity contribution in [2.24, 2.45) is 0 Å². The molecule has 0 spiro atoms. The van der Waals surface area contributed by atoms with Crippen LogP contribution < -0.4 is 0 Å². The predicted octanol–water partition coefficient (Wildman–Crippen LogP) is 4.84. The smallest absolute Gasteiger partial charge is 0.336 e.